The van der Waals surface area contributed by atoms with Crippen molar-refractivity contribution in [2.75, 3.05) is 6.61 Å². The summed E-state index contributed by atoms with van der Waals surface area (Å²) < 4.78 is 4.58. The van der Waals surface area contributed by atoms with Crippen LogP contribution in [-0.2, 0) is 14.3 Å². The first-order valence-corrected chi connectivity index (χ1v) is 3.72. The largest absolute Gasteiger partial charge is 0.480 e. The third-order valence-corrected chi connectivity index (χ3v) is 1.28. The quantitative estimate of drug-likeness (QED) is 0.633. The van der Waals surface area contributed by atoms with Crippen molar-refractivity contribution in [1.29, 1.82) is 0 Å². The lowest BCUT2D eigenvalue weighted by molar-refractivity contribution is -0.143. The summed E-state index contributed by atoms with van der Waals surface area (Å²) in [5, 5.41) is 8.35. The summed E-state index contributed by atoms with van der Waals surface area (Å²) in [7, 11) is 0. The van der Waals surface area contributed by atoms with Crippen molar-refractivity contribution in [3.05, 3.63) is 0 Å². The monoisotopic (exact) mass is 211 g/mol. The molecule has 1 atom stereocenters. The van der Waals surface area contributed by atoms with Gasteiger partial charge in [-0.15, -0.1) is 12.4 Å². The SMILES string of the molecule is CCOC(=O)CCC(N)C(=O)O.Cl. The third kappa shape index (κ3) is 7.55. The minimum Gasteiger partial charge on any atom is -0.480 e. The molecule has 0 saturated heterocycles. The molecular formula is C7H14ClNO4. The summed E-state index contributed by atoms with van der Waals surface area (Å²) in [5.74, 6) is -1.51. The maximum absolute atomic E-state index is 10.7. The van der Waals surface area contributed by atoms with E-state index in [4.69, 9.17) is 10.8 Å². The number of aliphatic carboxylic acids is 1. The number of hydrogen-bond acceptors (Lipinski definition) is 4. The predicted octanol–water partition coefficient (Wildman–Crippen LogP) is 0.163. The van der Waals surface area contributed by atoms with E-state index in [0.29, 0.717) is 6.61 Å². The number of esters is 1. The van der Waals surface area contributed by atoms with Crippen LogP contribution in [0.2, 0.25) is 0 Å². The Hall–Kier alpha value is -0.810. The van der Waals surface area contributed by atoms with Gasteiger partial charge in [0.05, 0.1) is 6.61 Å². The van der Waals surface area contributed by atoms with Gasteiger partial charge in [0.25, 0.3) is 0 Å². The Morgan fingerprint density at radius 3 is 2.46 bits per heavy atom. The molecule has 1 unspecified atom stereocenters. The molecule has 13 heavy (non-hydrogen) atoms. The Morgan fingerprint density at radius 2 is 2.08 bits per heavy atom. The van der Waals surface area contributed by atoms with E-state index in [1.807, 2.05) is 0 Å². The smallest absolute Gasteiger partial charge is 0.320 e. The highest BCUT2D eigenvalue weighted by Gasteiger charge is 2.13. The van der Waals surface area contributed by atoms with Crippen LogP contribution in [0, 0.1) is 0 Å². The van der Waals surface area contributed by atoms with Gasteiger partial charge in [0.15, 0.2) is 0 Å². The highest BCUT2D eigenvalue weighted by Crippen LogP contribution is 1.96. The number of carbonyl (C=O) groups is 2. The van der Waals surface area contributed by atoms with E-state index in [2.05, 4.69) is 4.74 Å². The summed E-state index contributed by atoms with van der Waals surface area (Å²) in [6, 6.07) is -0.977. The van der Waals surface area contributed by atoms with E-state index < -0.39 is 18.0 Å². The van der Waals surface area contributed by atoms with Gasteiger partial charge in [-0.25, -0.2) is 0 Å². The Balaban J connectivity index is 0. The molecule has 0 aliphatic rings. The predicted molar refractivity (Wildman–Crippen MR) is 48.7 cm³/mol. The average Bonchev–Trinajstić information content (AvgIpc) is 2.00. The maximum Gasteiger partial charge on any atom is 0.320 e. The van der Waals surface area contributed by atoms with Crippen LogP contribution in [-0.4, -0.2) is 29.7 Å². The van der Waals surface area contributed by atoms with Crippen molar-refractivity contribution in [3.63, 3.8) is 0 Å². The van der Waals surface area contributed by atoms with E-state index in [9.17, 15) is 9.59 Å². The minimum atomic E-state index is -1.10. The number of halogens is 1. The molecule has 3 N–H and O–H groups in total. The van der Waals surface area contributed by atoms with Crippen molar-refractivity contribution in [2.45, 2.75) is 25.8 Å². The van der Waals surface area contributed by atoms with Crippen molar-refractivity contribution in [1.82, 2.24) is 0 Å². The van der Waals surface area contributed by atoms with Gasteiger partial charge in [0.2, 0.25) is 0 Å². The fraction of sp³-hybridized carbons (Fsp3) is 0.714. The summed E-state index contributed by atoms with van der Waals surface area (Å²) in [6.07, 6.45) is 0.176. The minimum absolute atomic E-state index is 0. The molecule has 78 valence electrons. The van der Waals surface area contributed by atoms with Gasteiger partial charge in [-0.3, -0.25) is 9.59 Å². The number of carbonyl (C=O) groups excluding carboxylic acids is 1. The number of carboxylic acids is 1. The Labute approximate surface area is 82.7 Å². The molecule has 0 aromatic rings. The second-order valence-corrected chi connectivity index (χ2v) is 2.29. The first kappa shape index (κ1) is 14.7. The van der Waals surface area contributed by atoms with Gasteiger partial charge >= 0.3 is 11.9 Å². The summed E-state index contributed by atoms with van der Waals surface area (Å²) in [6.45, 7) is 2.00. The van der Waals surface area contributed by atoms with Crippen LogP contribution in [0.4, 0.5) is 0 Å². The van der Waals surface area contributed by atoms with Gasteiger partial charge in [-0.1, -0.05) is 0 Å². The second-order valence-electron chi connectivity index (χ2n) is 2.29. The van der Waals surface area contributed by atoms with Gasteiger partial charge in [-0.05, 0) is 13.3 Å². The topological polar surface area (TPSA) is 89.6 Å². The summed E-state index contributed by atoms with van der Waals surface area (Å²) >= 11 is 0. The number of carboxylic acid groups (broad SMARTS) is 1. The Bertz CT molecular complexity index is 174. The molecule has 0 bridgehead atoms. The lowest BCUT2D eigenvalue weighted by atomic mass is 10.2. The molecular weight excluding hydrogens is 198 g/mol. The van der Waals surface area contributed by atoms with E-state index in [0.717, 1.165) is 0 Å². The van der Waals surface area contributed by atoms with Crippen LogP contribution in [0.15, 0.2) is 0 Å². The molecule has 0 aliphatic carbocycles. The zero-order valence-electron chi connectivity index (χ0n) is 7.36. The van der Waals surface area contributed by atoms with Gasteiger partial charge in [0, 0.05) is 6.42 Å². The van der Waals surface area contributed by atoms with E-state index in [-0.39, 0.29) is 25.2 Å². The molecule has 0 heterocycles. The highest BCUT2D eigenvalue weighted by molar-refractivity contribution is 5.85. The molecule has 0 aromatic heterocycles. The molecule has 0 saturated carbocycles. The third-order valence-electron chi connectivity index (χ3n) is 1.28. The maximum atomic E-state index is 10.7. The standard InChI is InChI=1S/C7H13NO4.ClH/c1-2-12-6(9)4-3-5(8)7(10)11;/h5H,2-4,8H2,1H3,(H,10,11);1H. The van der Waals surface area contributed by atoms with Crippen LogP contribution in [0.1, 0.15) is 19.8 Å². The first-order chi connectivity index (χ1) is 5.57. The summed E-state index contributed by atoms with van der Waals surface area (Å²) in [5.41, 5.74) is 5.15. The number of rotatable bonds is 5. The van der Waals surface area contributed by atoms with E-state index >= 15 is 0 Å². The van der Waals surface area contributed by atoms with Crippen LogP contribution in [0.3, 0.4) is 0 Å². The molecule has 0 fully saturated rings. The molecule has 0 aliphatic heterocycles. The fourth-order valence-corrected chi connectivity index (χ4v) is 0.630. The van der Waals surface area contributed by atoms with Gasteiger partial charge in [-0.2, -0.15) is 0 Å². The molecule has 0 radical (unpaired) electrons. The lowest BCUT2D eigenvalue weighted by Crippen LogP contribution is -2.30. The number of nitrogens with two attached hydrogens (primary N) is 1. The van der Waals surface area contributed by atoms with Crippen LogP contribution in [0.5, 0.6) is 0 Å². The first-order valence-electron chi connectivity index (χ1n) is 3.72. The number of hydrogen-bond donors (Lipinski definition) is 2. The second kappa shape index (κ2) is 7.82. The zero-order valence-corrected chi connectivity index (χ0v) is 8.17. The Kier molecular flexibility index (Phi) is 8.84. The van der Waals surface area contributed by atoms with Crippen molar-refractivity contribution < 1.29 is 19.4 Å². The Morgan fingerprint density at radius 1 is 1.54 bits per heavy atom. The van der Waals surface area contributed by atoms with Crippen LogP contribution >= 0.6 is 12.4 Å². The van der Waals surface area contributed by atoms with Crippen molar-refractivity contribution in [2.24, 2.45) is 5.73 Å². The molecule has 6 heteroatoms. The lowest BCUT2D eigenvalue weighted by Gasteiger charge is -2.04. The zero-order chi connectivity index (χ0) is 9.56. The van der Waals surface area contributed by atoms with Crippen molar-refractivity contribution >= 4 is 24.3 Å². The normalized spacial score (nSPS) is 11.2. The molecule has 5 nitrogen and oxygen atoms in total. The molecule has 0 amide bonds. The summed E-state index contributed by atoms with van der Waals surface area (Å²) in [4.78, 5) is 20.9. The van der Waals surface area contributed by atoms with E-state index in [1.54, 1.807) is 6.92 Å². The van der Waals surface area contributed by atoms with Gasteiger partial charge < -0.3 is 15.6 Å². The molecule has 0 rings (SSSR count). The van der Waals surface area contributed by atoms with Crippen LogP contribution < -0.4 is 5.73 Å². The molecule has 0 spiro atoms. The van der Waals surface area contributed by atoms with Crippen LogP contribution in [0.25, 0.3) is 0 Å². The fourth-order valence-electron chi connectivity index (χ4n) is 0.630. The highest BCUT2D eigenvalue weighted by atomic mass is 35.5. The number of ether oxygens (including phenoxy) is 1. The molecule has 0 aromatic carbocycles. The van der Waals surface area contributed by atoms with Crippen molar-refractivity contribution in [3.8, 4) is 0 Å². The van der Waals surface area contributed by atoms with Gasteiger partial charge in [0.1, 0.15) is 6.04 Å². The van der Waals surface area contributed by atoms with E-state index in [1.165, 1.54) is 0 Å². The average molecular weight is 212 g/mol.